The lowest BCUT2D eigenvalue weighted by molar-refractivity contribution is 0.128. The summed E-state index contributed by atoms with van der Waals surface area (Å²) in [5.41, 5.74) is 1.09. The van der Waals surface area contributed by atoms with Crippen LogP contribution in [-0.4, -0.2) is 44.4 Å². The molecule has 1 aliphatic rings. The van der Waals surface area contributed by atoms with Crippen molar-refractivity contribution in [1.82, 2.24) is 15.6 Å². The highest BCUT2D eigenvalue weighted by Crippen LogP contribution is 2.29. The summed E-state index contributed by atoms with van der Waals surface area (Å²) in [4.78, 5) is 8.57. The molecule has 0 aromatic carbocycles. The van der Waals surface area contributed by atoms with E-state index >= 15 is 0 Å². The minimum absolute atomic E-state index is 0. The molecule has 1 fully saturated rings. The van der Waals surface area contributed by atoms with E-state index in [0.717, 1.165) is 43.6 Å². The third-order valence-corrected chi connectivity index (χ3v) is 4.02. The molecule has 0 radical (unpaired) electrons. The summed E-state index contributed by atoms with van der Waals surface area (Å²) in [6, 6.07) is 3.96. The fourth-order valence-electron chi connectivity index (χ4n) is 2.16. The molecule has 6 nitrogen and oxygen atoms in total. The Morgan fingerprint density at radius 2 is 2.08 bits per heavy atom. The Bertz CT molecular complexity index is 519. The van der Waals surface area contributed by atoms with E-state index in [4.69, 9.17) is 9.47 Å². The van der Waals surface area contributed by atoms with E-state index in [9.17, 15) is 0 Å². The summed E-state index contributed by atoms with van der Waals surface area (Å²) in [6.45, 7) is 8.10. The molecular formula is C19H33IN4O2. The second-order valence-electron chi connectivity index (χ2n) is 6.91. The van der Waals surface area contributed by atoms with Gasteiger partial charge in [0.05, 0.1) is 13.2 Å². The molecule has 1 saturated carbocycles. The minimum atomic E-state index is 0. The van der Waals surface area contributed by atoms with Crippen molar-refractivity contribution in [2.24, 2.45) is 16.8 Å². The number of rotatable bonds is 11. The topological polar surface area (TPSA) is 67.8 Å². The van der Waals surface area contributed by atoms with Crippen LogP contribution in [0.2, 0.25) is 0 Å². The summed E-state index contributed by atoms with van der Waals surface area (Å²) in [6.07, 6.45) is 5.52. The molecule has 1 aromatic heterocycles. The smallest absolute Gasteiger partial charge is 0.213 e. The summed E-state index contributed by atoms with van der Waals surface area (Å²) in [5.74, 6) is 2.90. The van der Waals surface area contributed by atoms with E-state index in [1.807, 2.05) is 18.3 Å². The quantitative estimate of drug-likeness (QED) is 0.222. The molecule has 0 spiro atoms. The maximum atomic E-state index is 5.65. The predicted octanol–water partition coefficient (Wildman–Crippen LogP) is 3.22. The fourth-order valence-corrected chi connectivity index (χ4v) is 2.16. The van der Waals surface area contributed by atoms with Gasteiger partial charge in [0.2, 0.25) is 5.88 Å². The molecule has 1 heterocycles. The summed E-state index contributed by atoms with van der Waals surface area (Å²) in [7, 11) is 1.77. The predicted molar refractivity (Wildman–Crippen MR) is 116 cm³/mol. The zero-order valence-electron chi connectivity index (χ0n) is 16.2. The molecular weight excluding hydrogens is 443 g/mol. The Balaban J connectivity index is 0.00000338. The van der Waals surface area contributed by atoms with Crippen molar-refractivity contribution in [2.75, 3.05) is 33.4 Å². The van der Waals surface area contributed by atoms with Gasteiger partial charge in [-0.15, -0.1) is 24.0 Å². The molecule has 148 valence electrons. The van der Waals surface area contributed by atoms with Crippen LogP contribution in [0.15, 0.2) is 23.3 Å². The molecule has 1 aliphatic carbocycles. The maximum absolute atomic E-state index is 5.65. The van der Waals surface area contributed by atoms with Crippen LogP contribution in [0.1, 0.15) is 38.7 Å². The fraction of sp³-hybridized carbons (Fsp3) is 0.684. The average Bonchev–Trinajstić information content (AvgIpc) is 3.44. The molecule has 0 atom stereocenters. The number of hydrogen-bond donors (Lipinski definition) is 2. The second kappa shape index (κ2) is 13.1. The van der Waals surface area contributed by atoms with E-state index < -0.39 is 0 Å². The molecule has 0 aliphatic heterocycles. The number of pyridine rings is 1. The van der Waals surface area contributed by atoms with Crippen LogP contribution in [0.3, 0.4) is 0 Å². The lowest BCUT2D eigenvalue weighted by Gasteiger charge is -2.12. The van der Waals surface area contributed by atoms with Gasteiger partial charge in [0.1, 0.15) is 0 Å². The summed E-state index contributed by atoms with van der Waals surface area (Å²) < 4.78 is 11.2. The number of aliphatic imine (C=N–C) groups is 1. The van der Waals surface area contributed by atoms with Crippen LogP contribution in [0, 0.1) is 11.8 Å². The van der Waals surface area contributed by atoms with Gasteiger partial charge in [0.25, 0.3) is 0 Å². The van der Waals surface area contributed by atoms with Crippen molar-refractivity contribution in [3.63, 3.8) is 0 Å². The van der Waals surface area contributed by atoms with Crippen LogP contribution in [0.4, 0.5) is 0 Å². The molecule has 0 amide bonds. The minimum Gasteiger partial charge on any atom is -0.477 e. The molecule has 1 aromatic rings. The van der Waals surface area contributed by atoms with Crippen LogP contribution in [0.25, 0.3) is 0 Å². The Labute approximate surface area is 174 Å². The van der Waals surface area contributed by atoms with Gasteiger partial charge in [0.15, 0.2) is 5.96 Å². The molecule has 0 saturated heterocycles. The molecule has 2 rings (SSSR count). The lowest BCUT2D eigenvalue weighted by atomic mass is 10.1. The van der Waals surface area contributed by atoms with Gasteiger partial charge >= 0.3 is 0 Å². The van der Waals surface area contributed by atoms with E-state index in [0.29, 0.717) is 24.9 Å². The Kier molecular flexibility index (Phi) is 11.6. The first-order valence-corrected chi connectivity index (χ1v) is 9.27. The highest BCUT2D eigenvalue weighted by molar-refractivity contribution is 14.0. The monoisotopic (exact) mass is 476 g/mol. The van der Waals surface area contributed by atoms with Crippen LogP contribution >= 0.6 is 24.0 Å². The van der Waals surface area contributed by atoms with Gasteiger partial charge in [-0.05, 0) is 36.7 Å². The molecule has 2 N–H and O–H groups in total. The number of ether oxygens (including phenoxy) is 2. The van der Waals surface area contributed by atoms with E-state index in [1.54, 1.807) is 7.05 Å². The van der Waals surface area contributed by atoms with Gasteiger partial charge in [-0.1, -0.05) is 19.9 Å². The van der Waals surface area contributed by atoms with Crippen molar-refractivity contribution in [2.45, 2.75) is 39.7 Å². The van der Waals surface area contributed by atoms with Crippen molar-refractivity contribution in [1.29, 1.82) is 0 Å². The number of guanidine groups is 1. The number of nitrogens with one attached hydrogen (secondary N) is 2. The lowest BCUT2D eigenvalue weighted by Crippen LogP contribution is -2.38. The SMILES string of the molecule is CN=C(NCCOCCC(C)C)NCc1ccc(OCC2CC2)nc1.I. The third-order valence-electron chi connectivity index (χ3n) is 4.02. The van der Waals surface area contributed by atoms with E-state index in [2.05, 4.69) is 34.5 Å². The third kappa shape index (κ3) is 10.2. The van der Waals surface area contributed by atoms with Crippen molar-refractivity contribution in [3.05, 3.63) is 23.9 Å². The van der Waals surface area contributed by atoms with Crippen molar-refractivity contribution >= 4 is 29.9 Å². The summed E-state index contributed by atoms with van der Waals surface area (Å²) >= 11 is 0. The highest BCUT2D eigenvalue weighted by atomic mass is 127. The Hall–Kier alpha value is -1.09. The van der Waals surface area contributed by atoms with Crippen LogP contribution in [0.5, 0.6) is 5.88 Å². The number of hydrogen-bond acceptors (Lipinski definition) is 4. The average molecular weight is 476 g/mol. The standard InChI is InChI=1S/C19H32N4O2.HI/c1-15(2)8-10-24-11-9-21-19(20-3)23-13-17-6-7-18(22-12-17)25-14-16-4-5-16;/h6-7,12,15-16H,4-5,8-11,13-14H2,1-3H3,(H2,20,21,23);1H. The largest absolute Gasteiger partial charge is 0.477 e. The first kappa shape index (κ1) is 23.0. The van der Waals surface area contributed by atoms with Crippen LogP contribution < -0.4 is 15.4 Å². The van der Waals surface area contributed by atoms with Crippen LogP contribution in [-0.2, 0) is 11.3 Å². The molecule has 0 bridgehead atoms. The zero-order valence-corrected chi connectivity index (χ0v) is 18.5. The maximum Gasteiger partial charge on any atom is 0.213 e. The van der Waals surface area contributed by atoms with Gasteiger partial charge < -0.3 is 20.1 Å². The van der Waals surface area contributed by atoms with E-state index in [-0.39, 0.29) is 24.0 Å². The molecule has 26 heavy (non-hydrogen) atoms. The van der Waals surface area contributed by atoms with E-state index in [1.165, 1.54) is 12.8 Å². The Morgan fingerprint density at radius 1 is 1.27 bits per heavy atom. The molecule has 7 heteroatoms. The number of halogens is 1. The van der Waals surface area contributed by atoms with Gasteiger partial charge in [-0.2, -0.15) is 0 Å². The van der Waals surface area contributed by atoms with Gasteiger partial charge in [0, 0.05) is 39.0 Å². The van der Waals surface area contributed by atoms with Crippen molar-refractivity contribution in [3.8, 4) is 5.88 Å². The second-order valence-corrected chi connectivity index (χ2v) is 6.91. The van der Waals surface area contributed by atoms with Crippen molar-refractivity contribution < 1.29 is 9.47 Å². The van der Waals surface area contributed by atoms with Gasteiger partial charge in [-0.3, -0.25) is 4.99 Å². The first-order valence-electron chi connectivity index (χ1n) is 9.27. The highest BCUT2D eigenvalue weighted by Gasteiger charge is 2.21. The number of aromatic nitrogens is 1. The molecule has 0 unspecified atom stereocenters. The Morgan fingerprint density at radius 3 is 2.69 bits per heavy atom. The van der Waals surface area contributed by atoms with Gasteiger partial charge in [-0.25, -0.2) is 4.98 Å². The number of nitrogens with zero attached hydrogens (tertiary/aromatic N) is 2. The first-order chi connectivity index (χ1) is 12.2. The zero-order chi connectivity index (χ0) is 17.9. The normalized spacial score (nSPS) is 14.1. The summed E-state index contributed by atoms with van der Waals surface area (Å²) in [5, 5.41) is 6.52.